The van der Waals surface area contributed by atoms with Crippen LogP contribution in [0.3, 0.4) is 0 Å². The van der Waals surface area contributed by atoms with Crippen molar-refractivity contribution in [3.8, 4) is 5.75 Å². The second-order valence-electron chi connectivity index (χ2n) is 4.88. The Kier molecular flexibility index (Phi) is 4.80. The van der Waals surface area contributed by atoms with E-state index in [2.05, 4.69) is 0 Å². The summed E-state index contributed by atoms with van der Waals surface area (Å²) in [5.74, 6) is 0.334. The van der Waals surface area contributed by atoms with Crippen LogP contribution in [-0.2, 0) is 16.0 Å². The number of benzene rings is 1. The maximum atomic E-state index is 12.1. The Hall–Kier alpha value is -1.55. The lowest BCUT2D eigenvalue weighted by molar-refractivity contribution is -0.133. The van der Waals surface area contributed by atoms with Crippen molar-refractivity contribution in [3.05, 3.63) is 29.8 Å². The van der Waals surface area contributed by atoms with Gasteiger partial charge in [0, 0.05) is 19.7 Å². The van der Waals surface area contributed by atoms with Crippen molar-refractivity contribution < 1.29 is 14.6 Å². The van der Waals surface area contributed by atoms with E-state index in [-0.39, 0.29) is 11.7 Å². The molecule has 4 heteroatoms. The number of likely N-dealkylation sites (tertiary alicyclic amines) is 1. The molecule has 19 heavy (non-hydrogen) atoms. The molecule has 0 atom stereocenters. The smallest absolute Gasteiger partial charge is 0.226 e. The van der Waals surface area contributed by atoms with Gasteiger partial charge in [-0.3, -0.25) is 4.79 Å². The molecule has 0 bridgehead atoms. The first-order valence-corrected chi connectivity index (χ1v) is 6.86. The Morgan fingerprint density at radius 2 is 2.16 bits per heavy atom. The Bertz CT molecular complexity index is 425. The molecule has 1 saturated heterocycles. The van der Waals surface area contributed by atoms with Crippen LogP contribution >= 0.6 is 0 Å². The highest BCUT2D eigenvalue weighted by Gasteiger charge is 2.22. The van der Waals surface area contributed by atoms with Gasteiger partial charge in [0.1, 0.15) is 5.75 Å². The molecule has 2 rings (SSSR count). The van der Waals surface area contributed by atoms with Crippen molar-refractivity contribution >= 4 is 5.91 Å². The van der Waals surface area contributed by atoms with Crippen LogP contribution < -0.4 is 0 Å². The standard InChI is InChI=1S/C15H21NO3/c1-2-19-14-6-8-16(9-7-14)15(18)11-12-4-3-5-13(17)10-12/h3-5,10,14,17H,2,6-9,11H2,1H3. The van der Waals surface area contributed by atoms with Gasteiger partial charge in [-0.15, -0.1) is 0 Å². The van der Waals surface area contributed by atoms with E-state index < -0.39 is 0 Å². The lowest BCUT2D eigenvalue weighted by Gasteiger charge is -2.31. The number of phenols is 1. The number of nitrogens with zero attached hydrogens (tertiary/aromatic N) is 1. The Labute approximate surface area is 114 Å². The molecule has 1 aromatic rings. The van der Waals surface area contributed by atoms with Gasteiger partial charge in [-0.05, 0) is 37.5 Å². The van der Waals surface area contributed by atoms with E-state index in [9.17, 15) is 9.90 Å². The number of hydrogen-bond donors (Lipinski definition) is 1. The first-order valence-electron chi connectivity index (χ1n) is 6.86. The van der Waals surface area contributed by atoms with Crippen molar-refractivity contribution in [1.29, 1.82) is 0 Å². The summed E-state index contributed by atoms with van der Waals surface area (Å²) in [6, 6.07) is 6.89. The van der Waals surface area contributed by atoms with Gasteiger partial charge in [-0.1, -0.05) is 12.1 Å². The predicted octanol–water partition coefficient (Wildman–Crippen LogP) is 1.96. The highest BCUT2D eigenvalue weighted by molar-refractivity contribution is 5.79. The van der Waals surface area contributed by atoms with Gasteiger partial charge in [-0.2, -0.15) is 0 Å². The number of hydrogen-bond acceptors (Lipinski definition) is 3. The lowest BCUT2D eigenvalue weighted by Crippen LogP contribution is -2.41. The summed E-state index contributed by atoms with van der Waals surface area (Å²) in [7, 11) is 0. The van der Waals surface area contributed by atoms with Crippen molar-refractivity contribution in [2.24, 2.45) is 0 Å². The highest BCUT2D eigenvalue weighted by atomic mass is 16.5. The molecule has 1 amide bonds. The summed E-state index contributed by atoms with van der Waals surface area (Å²) < 4.78 is 5.57. The van der Waals surface area contributed by atoms with Crippen LogP contribution in [-0.4, -0.2) is 41.7 Å². The SMILES string of the molecule is CCOC1CCN(C(=O)Cc2cccc(O)c2)CC1. The topological polar surface area (TPSA) is 49.8 Å². The quantitative estimate of drug-likeness (QED) is 0.903. The molecule has 1 fully saturated rings. The number of ether oxygens (including phenoxy) is 1. The minimum Gasteiger partial charge on any atom is -0.508 e. The fourth-order valence-electron chi connectivity index (χ4n) is 2.46. The molecule has 0 unspecified atom stereocenters. The second kappa shape index (κ2) is 6.57. The normalized spacial score (nSPS) is 16.6. The zero-order valence-electron chi connectivity index (χ0n) is 11.3. The molecule has 1 aromatic carbocycles. The van der Waals surface area contributed by atoms with Crippen LogP contribution in [0.2, 0.25) is 0 Å². The number of carbonyl (C=O) groups excluding carboxylic acids is 1. The van der Waals surface area contributed by atoms with Gasteiger partial charge < -0.3 is 14.7 Å². The third-order valence-electron chi connectivity index (χ3n) is 3.46. The minimum absolute atomic E-state index is 0.126. The monoisotopic (exact) mass is 263 g/mol. The fourth-order valence-corrected chi connectivity index (χ4v) is 2.46. The molecule has 0 radical (unpaired) electrons. The molecular weight excluding hydrogens is 242 g/mol. The highest BCUT2D eigenvalue weighted by Crippen LogP contribution is 2.16. The van der Waals surface area contributed by atoms with Crippen LogP contribution in [0.15, 0.2) is 24.3 Å². The van der Waals surface area contributed by atoms with Gasteiger partial charge in [-0.25, -0.2) is 0 Å². The van der Waals surface area contributed by atoms with Gasteiger partial charge in [0.2, 0.25) is 5.91 Å². The van der Waals surface area contributed by atoms with Crippen molar-refractivity contribution in [1.82, 2.24) is 4.90 Å². The second-order valence-corrected chi connectivity index (χ2v) is 4.88. The van der Waals surface area contributed by atoms with Gasteiger partial charge in [0.25, 0.3) is 0 Å². The number of aromatic hydroxyl groups is 1. The summed E-state index contributed by atoms with van der Waals surface area (Å²) in [5, 5.41) is 9.39. The maximum absolute atomic E-state index is 12.1. The largest absolute Gasteiger partial charge is 0.508 e. The first kappa shape index (κ1) is 13.9. The van der Waals surface area contributed by atoms with E-state index in [1.54, 1.807) is 18.2 Å². The summed E-state index contributed by atoms with van der Waals surface area (Å²) >= 11 is 0. The Balaban J connectivity index is 1.84. The summed E-state index contributed by atoms with van der Waals surface area (Å²) in [6.45, 7) is 4.27. The first-order chi connectivity index (χ1) is 9.19. The molecule has 104 valence electrons. The molecule has 0 aromatic heterocycles. The van der Waals surface area contributed by atoms with E-state index >= 15 is 0 Å². The third kappa shape index (κ3) is 3.96. The molecule has 1 aliphatic rings. The lowest BCUT2D eigenvalue weighted by atomic mass is 10.1. The van der Waals surface area contributed by atoms with E-state index in [0.717, 1.165) is 38.1 Å². The van der Waals surface area contributed by atoms with Crippen molar-refractivity contribution in [2.75, 3.05) is 19.7 Å². The molecule has 0 spiro atoms. The number of carbonyl (C=O) groups is 1. The molecule has 4 nitrogen and oxygen atoms in total. The number of phenolic OH excluding ortho intramolecular Hbond substituents is 1. The third-order valence-corrected chi connectivity index (χ3v) is 3.46. The zero-order valence-corrected chi connectivity index (χ0v) is 11.3. The van der Waals surface area contributed by atoms with E-state index in [0.29, 0.717) is 12.5 Å². The molecule has 1 aliphatic heterocycles. The van der Waals surface area contributed by atoms with Crippen LogP contribution in [0.25, 0.3) is 0 Å². The number of piperidine rings is 1. The zero-order chi connectivity index (χ0) is 13.7. The summed E-state index contributed by atoms with van der Waals surface area (Å²) in [6.07, 6.45) is 2.49. The average molecular weight is 263 g/mol. The minimum atomic E-state index is 0.126. The van der Waals surface area contributed by atoms with Crippen LogP contribution in [0.1, 0.15) is 25.3 Å². The molecule has 1 heterocycles. The predicted molar refractivity (Wildman–Crippen MR) is 73.0 cm³/mol. The molecule has 0 aliphatic carbocycles. The Morgan fingerprint density at radius 3 is 2.79 bits per heavy atom. The van der Waals surface area contributed by atoms with Gasteiger partial charge in [0.05, 0.1) is 12.5 Å². The van der Waals surface area contributed by atoms with E-state index in [1.807, 2.05) is 17.9 Å². The summed E-state index contributed by atoms with van der Waals surface area (Å²) in [5.41, 5.74) is 0.858. The van der Waals surface area contributed by atoms with E-state index in [1.165, 1.54) is 0 Å². The van der Waals surface area contributed by atoms with Crippen molar-refractivity contribution in [3.63, 3.8) is 0 Å². The van der Waals surface area contributed by atoms with Crippen LogP contribution in [0, 0.1) is 0 Å². The average Bonchev–Trinajstić information content (AvgIpc) is 2.40. The maximum Gasteiger partial charge on any atom is 0.226 e. The van der Waals surface area contributed by atoms with Gasteiger partial charge in [0.15, 0.2) is 0 Å². The number of amides is 1. The molecular formula is C15H21NO3. The van der Waals surface area contributed by atoms with Crippen LogP contribution in [0.5, 0.6) is 5.75 Å². The molecule has 0 saturated carbocycles. The Morgan fingerprint density at radius 1 is 1.42 bits per heavy atom. The van der Waals surface area contributed by atoms with E-state index in [4.69, 9.17) is 4.74 Å². The van der Waals surface area contributed by atoms with Gasteiger partial charge >= 0.3 is 0 Å². The fraction of sp³-hybridized carbons (Fsp3) is 0.533. The van der Waals surface area contributed by atoms with Crippen LogP contribution in [0.4, 0.5) is 0 Å². The summed E-state index contributed by atoms with van der Waals surface area (Å²) in [4.78, 5) is 14.0. The molecule has 1 N–H and O–H groups in total. The van der Waals surface area contributed by atoms with Crippen molar-refractivity contribution in [2.45, 2.75) is 32.3 Å². The number of rotatable bonds is 4.